The average molecular weight is 320 g/mol. The van der Waals surface area contributed by atoms with E-state index < -0.39 is 0 Å². The number of benzene rings is 1. The number of hydrogen-bond donors (Lipinski definition) is 1. The Kier molecular flexibility index (Phi) is 5.43. The van der Waals surface area contributed by atoms with Gasteiger partial charge in [0.15, 0.2) is 5.16 Å². The lowest BCUT2D eigenvalue weighted by Gasteiger charge is -2.07. The highest BCUT2D eigenvalue weighted by Gasteiger charge is 2.13. The zero-order valence-corrected chi connectivity index (χ0v) is 14.0. The van der Waals surface area contributed by atoms with Gasteiger partial charge in [0.2, 0.25) is 5.91 Å². The van der Waals surface area contributed by atoms with Crippen LogP contribution in [-0.2, 0) is 11.8 Å². The number of carbonyl (C=O) groups is 1. The third-order valence-corrected chi connectivity index (χ3v) is 4.09. The Balaban J connectivity index is 1.92. The Hall–Kier alpha value is -2.02. The van der Waals surface area contributed by atoms with Crippen LogP contribution in [-0.4, -0.2) is 33.5 Å². The number of rotatable bonds is 6. The molecule has 22 heavy (non-hydrogen) atoms. The summed E-state index contributed by atoms with van der Waals surface area (Å²) in [5, 5.41) is 11.8. The van der Waals surface area contributed by atoms with Crippen molar-refractivity contribution in [1.29, 1.82) is 0 Å². The van der Waals surface area contributed by atoms with E-state index >= 15 is 0 Å². The van der Waals surface area contributed by atoms with Gasteiger partial charge in [-0.25, -0.2) is 0 Å². The van der Waals surface area contributed by atoms with E-state index in [4.69, 9.17) is 4.74 Å². The molecule has 7 heteroatoms. The molecule has 1 aromatic carbocycles. The second-order valence-corrected chi connectivity index (χ2v) is 6.07. The normalized spacial score (nSPS) is 10.8. The molecular formula is C15H20N4O2S. The maximum absolute atomic E-state index is 12.0. The second-order valence-electron chi connectivity index (χ2n) is 5.12. The van der Waals surface area contributed by atoms with E-state index in [0.717, 1.165) is 11.0 Å². The van der Waals surface area contributed by atoms with E-state index in [0.29, 0.717) is 17.4 Å². The van der Waals surface area contributed by atoms with E-state index in [9.17, 15) is 4.79 Å². The average Bonchev–Trinajstić information content (AvgIpc) is 2.86. The van der Waals surface area contributed by atoms with Crippen LogP contribution in [0.25, 0.3) is 0 Å². The summed E-state index contributed by atoms with van der Waals surface area (Å²) < 4.78 is 7.05. The standard InChI is InChI=1S/C15H20N4O2S/c1-10(2)14-17-18-15(19(14)3)22-9-13(20)16-11-6-5-7-12(8-11)21-4/h5-8,10H,9H2,1-4H3,(H,16,20). The Morgan fingerprint density at radius 1 is 1.41 bits per heavy atom. The summed E-state index contributed by atoms with van der Waals surface area (Å²) in [5.41, 5.74) is 0.714. The topological polar surface area (TPSA) is 69.0 Å². The Labute approximate surface area is 134 Å². The fourth-order valence-electron chi connectivity index (χ4n) is 1.98. The van der Waals surface area contributed by atoms with Crippen LogP contribution in [0.15, 0.2) is 29.4 Å². The maximum Gasteiger partial charge on any atom is 0.234 e. The summed E-state index contributed by atoms with van der Waals surface area (Å²) >= 11 is 1.37. The van der Waals surface area contributed by atoms with Gasteiger partial charge in [-0.1, -0.05) is 31.7 Å². The van der Waals surface area contributed by atoms with Crippen molar-refractivity contribution in [3.05, 3.63) is 30.1 Å². The van der Waals surface area contributed by atoms with Gasteiger partial charge in [0.25, 0.3) is 0 Å². The van der Waals surface area contributed by atoms with E-state index in [-0.39, 0.29) is 11.7 Å². The molecule has 0 aliphatic carbocycles. The number of hydrogen-bond acceptors (Lipinski definition) is 5. The second kappa shape index (κ2) is 7.31. The Morgan fingerprint density at radius 3 is 2.82 bits per heavy atom. The molecule has 0 fully saturated rings. The summed E-state index contributed by atoms with van der Waals surface area (Å²) in [7, 11) is 3.51. The van der Waals surface area contributed by atoms with E-state index in [1.807, 2.05) is 29.8 Å². The van der Waals surface area contributed by atoms with Gasteiger partial charge in [-0.2, -0.15) is 0 Å². The van der Waals surface area contributed by atoms with Gasteiger partial charge < -0.3 is 14.6 Å². The first-order valence-electron chi connectivity index (χ1n) is 6.97. The van der Waals surface area contributed by atoms with Gasteiger partial charge in [-0.3, -0.25) is 4.79 Å². The van der Waals surface area contributed by atoms with Crippen molar-refractivity contribution in [2.45, 2.75) is 24.9 Å². The van der Waals surface area contributed by atoms with Gasteiger partial charge >= 0.3 is 0 Å². The molecule has 1 amide bonds. The minimum atomic E-state index is -0.0904. The zero-order chi connectivity index (χ0) is 16.1. The number of amides is 1. The molecule has 0 aliphatic heterocycles. The first-order valence-corrected chi connectivity index (χ1v) is 7.95. The SMILES string of the molecule is COc1cccc(NC(=O)CSc2nnc(C(C)C)n2C)c1. The number of methoxy groups -OCH3 is 1. The highest BCUT2D eigenvalue weighted by Crippen LogP contribution is 2.21. The van der Waals surface area contributed by atoms with Crippen molar-refractivity contribution in [1.82, 2.24) is 14.8 Å². The summed E-state index contributed by atoms with van der Waals surface area (Å²) in [6, 6.07) is 7.27. The predicted octanol–water partition coefficient (Wildman–Crippen LogP) is 2.68. The van der Waals surface area contributed by atoms with Gasteiger partial charge in [0, 0.05) is 24.7 Å². The molecule has 118 valence electrons. The molecule has 0 bridgehead atoms. The zero-order valence-electron chi connectivity index (χ0n) is 13.2. The van der Waals surface area contributed by atoms with Crippen LogP contribution < -0.4 is 10.1 Å². The Morgan fingerprint density at radius 2 is 2.18 bits per heavy atom. The molecule has 0 radical (unpaired) electrons. The summed E-state index contributed by atoms with van der Waals surface area (Å²) in [5.74, 6) is 2.11. The van der Waals surface area contributed by atoms with Crippen LogP contribution in [0, 0.1) is 0 Å². The molecule has 0 saturated carbocycles. The third-order valence-electron chi connectivity index (χ3n) is 3.07. The number of thioether (sulfide) groups is 1. The predicted molar refractivity (Wildman–Crippen MR) is 87.4 cm³/mol. The molecule has 1 heterocycles. The van der Waals surface area contributed by atoms with Gasteiger partial charge in [0.05, 0.1) is 12.9 Å². The lowest BCUT2D eigenvalue weighted by atomic mass is 10.2. The molecule has 0 aliphatic rings. The molecule has 0 spiro atoms. The minimum absolute atomic E-state index is 0.0904. The first-order chi connectivity index (χ1) is 10.5. The fraction of sp³-hybridized carbons (Fsp3) is 0.400. The van der Waals surface area contributed by atoms with Crippen LogP contribution in [0.4, 0.5) is 5.69 Å². The lowest BCUT2D eigenvalue weighted by molar-refractivity contribution is -0.113. The number of carbonyl (C=O) groups excluding carboxylic acids is 1. The van der Waals surface area contributed by atoms with Crippen LogP contribution in [0.3, 0.4) is 0 Å². The van der Waals surface area contributed by atoms with Crippen LogP contribution in [0.5, 0.6) is 5.75 Å². The summed E-state index contributed by atoms with van der Waals surface area (Å²) in [6.45, 7) is 4.13. The number of anilines is 1. The summed E-state index contributed by atoms with van der Waals surface area (Å²) in [6.07, 6.45) is 0. The molecule has 0 unspecified atom stereocenters. The molecule has 2 aromatic rings. The van der Waals surface area contributed by atoms with E-state index in [1.165, 1.54) is 11.8 Å². The molecule has 1 N–H and O–H groups in total. The van der Waals surface area contributed by atoms with Crippen molar-refractivity contribution < 1.29 is 9.53 Å². The van der Waals surface area contributed by atoms with Crippen molar-refractivity contribution in [2.75, 3.05) is 18.2 Å². The molecular weight excluding hydrogens is 300 g/mol. The van der Waals surface area contributed by atoms with Gasteiger partial charge in [0.1, 0.15) is 11.6 Å². The quantitative estimate of drug-likeness (QED) is 0.829. The number of ether oxygens (including phenoxy) is 1. The van der Waals surface area contributed by atoms with E-state index in [1.54, 1.807) is 13.2 Å². The fourth-order valence-corrected chi connectivity index (χ4v) is 2.70. The number of nitrogens with one attached hydrogen (secondary N) is 1. The van der Waals surface area contributed by atoms with E-state index in [2.05, 4.69) is 29.4 Å². The highest BCUT2D eigenvalue weighted by molar-refractivity contribution is 7.99. The molecule has 1 aromatic heterocycles. The van der Waals surface area contributed by atoms with Crippen molar-refractivity contribution in [3.63, 3.8) is 0 Å². The number of aromatic nitrogens is 3. The third kappa shape index (κ3) is 4.00. The largest absolute Gasteiger partial charge is 0.497 e. The monoisotopic (exact) mass is 320 g/mol. The first kappa shape index (κ1) is 16.4. The van der Waals surface area contributed by atoms with Crippen LogP contribution in [0.1, 0.15) is 25.6 Å². The Bertz CT molecular complexity index is 655. The molecule has 0 atom stereocenters. The van der Waals surface area contributed by atoms with Crippen molar-refractivity contribution in [3.8, 4) is 5.75 Å². The van der Waals surface area contributed by atoms with Crippen LogP contribution >= 0.6 is 11.8 Å². The molecule has 6 nitrogen and oxygen atoms in total. The highest BCUT2D eigenvalue weighted by atomic mass is 32.2. The van der Waals surface area contributed by atoms with Gasteiger partial charge in [-0.15, -0.1) is 10.2 Å². The minimum Gasteiger partial charge on any atom is -0.497 e. The smallest absolute Gasteiger partial charge is 0.234 e. The lowest BCUT2D eigenvalue weighted by Crippen LogP contribution is -2.14. The summed E-state index contributed by atoms with van der Waals surface area (Å²) in [4.78, 5) is 12.0. The molecule has 0 saturated heterocycles. The number of nitrogens with zero attached hydrogens (tertiary/aromatic N) is 3. The molecule has 2 rings (SSSR count). The van der Waals surface area contributed by atoms with Crippen molar-refractivity contribution in [2.24, 2.45) is 7.05 Å². The maximum atomic E-state index is 12.0. The van der Waals surface area contributed by atoms with Gasteiger partial charge in [-0.05, 0) is 12.1 Å². The van der Waals surface area contributed by atoms with Crippen molar-refractivity contribution >= 4 is 23.4 Å². The van der Waals surface area contributed by atoms with Crippen LogP contribution in [0.2, 0.25) is 0 Å².